The van der Waals surface area contributed by atoms with Gasteiger partial charge in [-0.15, -0.1) is 0 Å². The van der Waals surface area contributed by atoms with Crippen molar-refractivity contribution in [2.24, 2.45) is 0 Å². The zero-order valence-electron chi connectivity index (χ0n) is 18.9. The van der Waals surface area contributed by atoms with Gasteiger partial charge in [-0.3, -0.25) is 4.79 Å². The second kappa shape index (κ2) is 11.4. The van der Waals surface area contributed by atoms with Gasteiger partial charge in [-0.1, -0.05) is 51.3 Å². The van der Waals surface area contributed by atoms with E-state index in [2.05, 4.69) is 21.2 Å². The van der Waals surface area contributed by atoms with Gasteiger partial charge >= 0.3 is 17.9 Å². The molecule has 3 aromatic carbocycles. The summed E-state index contributed by atoms with van der Waals surface area (Å²) < 4.78 is 11.2. The molecule has 0 radical (unpaired) electrons. The minimum absolute atomic E-state index is 0.0910. The van der Waals surface area contributed by atoms with Crippen LogP contribution in [0.1, 0.15) is 31.8 Å². The zero-order chi connectivity index (χ0) is 25.5. The molecule has 0 aromatic heterocycles. The molecule has 0 aliphatic rings. The summed E-state index contributed by atoms with van der Waals surface area (Å²) in [7, 11) is 0. The predicted molar refractivity (Wildman–Crippen MR) is 131 cm³/mol. The molecule has 0 bridgehead atoms. The molecule has 3 rings (SSSR count). The van der Waals surface area contributed by atoms with E-state index in [4.69, 9.17) is 9.47 Å². The molecule has 2 N–H and O–H groups in total. The van der Waals surface area contributed by atoms with Gasteiger partial charge in [0.25, 0.3) is 5.91 Å². The van der Waals surface area contributed by atoms with Crippen LogP contribution in [0.4, 0.5) is 5.69 Å². The molecule has 35 heavy (non-hydrogen) atoms. The summed E-state index contributed by atoms with van der Waals surface area (Å²) in [6, 6.07) is 19.2. The fourth-order valence-electron chi connectivity index (χ4n) is 3.15. The Bertz CT molecular complexity index is 1260. The van der Waals surface area contributed by atoms with Crippen molar-refractivity contribution in [3.63, 3.8) is 0 Å². The SMILES string of the molecule is Cc1cccc(C(=O)O[C@H](C(=O)Nc2ccc(Br)cc2)[C@@H](OC(=O)c2cccc(C)c2)C(=O)O)c1. The molecule has 2 atom stereocenters. The fraction of sp³-hybridized carbons (Fsp3) is 0.154. The first kappa shape index (κ1) is 25.6. The summed E-state index contributed by atoms with van der Waals surface area (Å²) in [6.45, 7) is 3.52. The fourth-order valence-corrected chi connectivity index (χ4v) is 3.42. The van der Waals surface area contributed by atoms with Crippen LogP contribution in [0.2, 0.25) is 0 Å². The van der Waals surface area contributed by atoms with E-state index in [1.807, 2.05) is 0 Å². The molecular formula is C26H22BrNO7. The van der Waals surface area contributed by atoms with Gasteiger partial charge in [0.1, 0.15) is 0 Å². The van der Waals surface area contributed by atoms with Crippen LogP contribution in [0.25, 0.3) is 0 Å². The molecule has 0 aliphatic carbocycles. The van der Waals surface area contributed by atoms with E-state index in [1.54, 1.807) is 62.4 Å². The van der Waals surface area contributed by atoms with Crippen molar-refractivity contribution < 1.29 is 33.8 Å². The summed E-state index contributed by atoms with van der Waals surface area (Å²) >= 11 is 3.28. The van der Waals surface area contributed by atoms with Crippen molar-refractivity contribution >= 4 is 45.4 Å². The van der Waals surface area contributed by atoms with E-state index in [1.165, 1.54) is 24.3 Å². The Kier molecular flexibility index (Phi) is 8.38. The van der Waals surface area contributed by atoms with Gasteiger partial charge in [0, 0.05) is 10.2 Å². The second-order valence-corrected chi connectivity index (χ2v) is 8.64. The Morgan fingerprint density at radius 1 is 0.771 bits per heavy atom. The Morgan fingerprint density at radius 3 is 1.71 bits per heavy atom. The smallest absolute Gasteiger partial charge is 0.349 e. The Morgan fingerprint density at radius 2 is 1.26 bits per heavy atom. The average molecular weight is 540 g/mol. The van der Waals surface area contributed by atoms with Crippen LogP contribution in [0, 0.1) is 13.8 Å². The number of ether oxygens (including phenoxy) is 2. The van der Waals surface area contributed by atoms with Gasteiger partial charge < -0.3 is 19.9 Å². The predicted octanol–water partition coefficient (Wildman–Crippen LogP) is 4.54. The molecule has 8 nitrogen and oxygen atoms in total. The zero-order valence-corrected chi connectivity index (χ0v) is 20.4. The number of benzene rings is 3. The highest BCUT2D eigenvalue weighted by molar-refractivity contribution is 9.10. The van der Waals surface area contributed by atoms with Gasteiger partial charge in [-0.05, 0) is 62.4 Å². The lowest BCUT2D eigenvalue weighted by molar-refractivity contribution is -0.157. The summed E-state index contributed by atoms with van der Waals surface area (Å²) in [5.74, 6) is -4.55. The van der Waals surface area contributed by atoms with Crippen molar-refractivity contribution in [2.45, 2.75) is 26.1 Å². The molecule has 3 aromatic rings. The maximum Gasteiger partial charge on any atom is 0.349 e. The summed E-state index contributed by atoms with van der Waals surface area (Å²) in [6.07, 6.45) is -4.08. The van der Waals surface area contributed by atoms with Crippen LogP contribution in [-0.2, 0) is 19.1 Å². The maximum absolute atomic E-state index is 13.1. The van der Waals surface area contributed by atoms with E-state index in [0.717, 1.165) is 15.6 Å². The second-order valence-electron chi connectivity index (χ2n) is 7.73. The van der Waals surface area contributed by atoms with Crippen molar-refractivity contribution in [3.05, 3.63) is 99.5 Å². The number of hydrogen-bond acceptors (Lipinski definition) is 6. The monoisotopic (exact) mass is 539 g/mol. The van der Waals surface area contributed by atoms with Crippen LogP contribution in [0.5, 0.6) is 0 Å². The normalized spacial score (nSPS) is 12.2. The molecular weight excluding hydrogens is 518 g/mol. The van der Waals surface area contributed by atoms with Crippen molar-refractivity contribution in [2.75, 3.05) is 5.32 Å². The van der Waals surface area contributed by atoms with Crippen LogP contribution in [0.15, 0.2) is 77.3 Å². The summed E-state index contributed by atoms with van der Waals surface area (Å²) in [4.78, 5) is 50.7. The average Bonchev–Trinajstić information content (AvgIpc) is 2.82. The van der Waals surface area contributed by atoms with Gasteiger partial charge in [0.2, 0.25) is 12.2 Å². The first-order chi connectivity index (χ1) is 16.6. The van der Waals surface area contributed by atoms with Crippen LogP contribution in [-0.4, -0.2) is 41.1 Å². The van der Waals surface area contributed by atoms with E-state index in [-0.39, 0.29) is 11.1 Å². The molecule has 0 heterocycles. The van der Waals surface area contributed by atoms with Gasteiger partial charge in [0.15, 0.2) is 0 Å². The minimum Gasteiger partial charge on any atom is -0.478 e. The third kappa shape index (κ3) is 7.00. The maximum atomic E-state index is 13.1. The number of aryl methyl sites for hydroxylation is 2. The molecule has 180 valence electrons. The number of carboxylic acid groups (broad SMARTS) is 1. The molecule has 1 amide bonds. The third-order valence-corrected chi connectivity index (χ3v) is 5.39. The highest BCUT2D eigenvalue weighted by atomic mass is 79.9. The first-order valence-electron chi connectivity index (χ1n) is 10.5. The van der Waals surface area contributed by atoms with E-state index >= 15 is 0 Å². The largest absolute Gasteiger partial charge is 0.478 e. The summed E-state index contributed by atoms with van der Waals surface area (Å²) in [5.41, 5.74) is 2.04. The number of carbonyl (C=O) groups excluding carboxylic acids is 3. The van der Waals surface area contributed by atoms with E-state index in [0.29, 0.717) is 5.69 Å². The molecule has 0 fully saturated rings. The van der Waals surface area contributed by atoms with Crippen LogP contribution >= 0.6 is 15.9 Å². The van der Waals surface area contributed by atoms with Gasteiger partial charge in [-0.25, -0.2) is 14.4 Å². The quantitative estimate of drug-likeness (QED) is 0.403. The van der Waals surface area contributed by atoms with Gasteiger partial charge in [-0.2, -0.15) is 0 Å². The number of carbonyl (C=O) groups is 4. The minimum atomic E-state index is -2.10. The number of hydrogen-bond donors (Lipinski definition) is 2. The number of aliphatic carboxylic acids is 1. The van der Waals surface area contributed by atoms with Crippen molar-refractivity contribution in [1.29, 1.82) is 0 Å². The Hall–Kier alpha value is -3.98. The molecule has 0 aliphatic heterocycles. The number of anilines is 1. The highest BCUT2D eigenvalue weighted by Crippen LogP contribution is 2.18. The molecule has 0 unspecified atom stereocenters. The lowest BCUT2D eigenvalue weighted by Crippen LogP contribution is -2.48. The molecule has 9 heteroatoms. The lowest BCUT2D eigenvalue weighted by Gasteiger charge is -2.23. The van der Waals surface area contributed by atoms with E-state index < -0.39 is 36.0 Å². The Balaban J connectivity index is 1.91. The topological polar surface area (TPSA) is 119 Å². The van der Waals surface area contributed by atoms with E-state index in [9.17, 15) is 24.3 Å². The number of nitrogens with one attached hydrogen (secondary N) is 1. The highest BCUT2D eigenvalue weighted by Gasteiger charge is 2.41. The first-order valence-corrected chi connectivity index (χ1v) is 11.3. The number of rotatable bonds is 8. The molecule has 0 saturated heterocycles. The molecule has 0 saturated carbocycles. The van der Waals surface area contributed by atoms with Crippen molar-refractivity contribution in [3.8, 4) is 0 Å². The number of esters is 2. The van der Waals surface area contributed by atoms with Crippen LogP contribution in [0.3, 0.4) is 0 Å². The number of amides is 1. The number of halogens is 1. The third-order valence-electron chi connectivity index (χ3n) is 4.86. The Labute approximate surface area is 210 Å². The van der Waals surface area contributed by atoms with Gasteiger partial charge in [0.05, 0.1) is 11.1 Å². The lowest BCUT2D eigenvalue weighted by atomic mass is 10.1. The van der Waals surface area contributed by atoms with Crippen molar-refractivity contribution in [1.82, 2.24) is 0 Å². The number of carboxylic acids is 1. The molecule has 0 spiro atoms. The standard InChI is InChI=1S/C26H22BrNO7/c1-15-5-3-7-17(13-15)25(32)34-21(23(29)28-20-11-9-19(27)10-12-20)22(24(30)31)35-26(33)18-8-4-6-16(2)14-18/h3-14,21-22H,1-2H3,(H,28,29)(H,30,31)/t21-,22+/m0/s1. The van der Waals surface area contributed by atoms with Crippen LogP contribution < -0.4 is 5.32 Å². The summed E-state index contributed by atoms with van der Waals surface area (Å²) in [5, 5.41) is 12.3.